The lowest BCUT2D eigenvalue weighted by molar-refractivity contribution is -0.384. The molecular weight excluding hydrogens is 334 g/mol. The number of benzene rings is 1. The number of rotatable bonds is 7. The molecule has 0 aliphatic rings. The summed E-state index contributed by atoms with van der Waals surface area (Å²) < 4.78 is 2.76. The molecule has 0 spiro atoms. The number of thioether (sulfide) groups is 1. The standard InChI is InChI=1S/C15H19N3O3S2/c1-3-4-5-14(19)16-15-17(8-9-22-2)12-7-6-11(18(20)21)10-13(12)23-15/h6-7,10H,3-5,8-9H2,1-2H3. The molecule has 1 aromatic carbocycles. The zero-order valence-electron chi connectivity index (χ0n) is 13.2. The maximum Gasteiger partial charge on any atom is 0.270 e. The first-order valence-corrected chi connectivity index (χ1v) is 9.62. The minimum Gasteiger partial charge on any atom is -0.316 e. The predicted molar refractivity (Wildman–Crippen MR) is 94.9 cm³/mol. The molecule has 6 nitrogen and oxygen atoms in total. The monoisotopic (exact) mass is 353 g/mol. The van der Waals surface area contributed by atoms with Crippen LogP contribution >= 0.6 is 23.1 Å². The van der Waals surface area contributed by atoms with Gasteiger partial charge in [0.2, 0.25) is 5.91 Å². The van der Waals surface area contributed by atoms with E-state index in [0.29, 0.717) is 11.2 Å². The highest BCUT2D eigenvalue weighted by Gasteiger charge is 2.12. The first-order valence-electron chi connectivity index (χ1n) is 7.41. The third-order valence-electron chi connectivity index (χ3n) is 3.36. The zero-order valence-corrected chi connectivity index (χ0v) is 14.8. The van der Waals surface area contributed by atoms with Crippen molar-refractivity contribution in [2.24, 2.45) is 4.99 Å². The molecule has 0 saturated heterocycles. The summed E-state index contributed by atoms with van der Waals surface area (Å²) in [6.07, 6.45) is 4.23. The number of aromatic nitrogens is 1. The summed E-state index contributed by atoms with van der Waals surface area (Å²) >= 11 is 3.04. The minimum absolute atomic E-state index is 0.0552. The Balaban J connectivity index is 2.50. The number of aryl methyl sites for hydroxylation is 1. The van der Waals surface area contributed by atoms with E-state index >= 15 is 0 Å². The van der Waals surface area contributed by atoms with Gasteiger partial charge in [-0.15, -0.1) is 0 Å². The van der Waals surface area contributed by atoms with E-state index in [1.54, 1.807) is 23.9 Å². The normalized spacial score (nSPS) is 12.0. The molecule has 0 aliphatic carbocycles. The summed E-state index contributed by atoms with van der Waals surface area (Å²) in [6.45, 7) is 2.75. The number of nitro groups is 1. The third kappa shape index (κ3) is 4.42. The fraction of sp³-hybridized carbons (Fsp3) is 0.467. The molecule has 1 aromatic heterocycles. The van der Waals surface area contributed by atoms with Crippen LogP contribution in [0.1, 0.15) is 26.2 Å². The molecule has 2 rings (SSSR count). The van der Waals surface area contributed by atoms with Gasteiger partial charge in [-0.25, -0.2) is 0 Å². The summed E-state index contributed by atoms with van der Waals surface area (Å²) in [5, 5.41) is 10.9. The van der Waals surface area contributed by atoms with Crippen molar-refractivity contribution in [3.05, 3.63) is 33.1 Å². The second kappa shape index (κ2) is 8.26. The van der Waals surface area contributed by atoms with Crippen LogP contribution in [-0.2, 0) is 11.3 Å². The number of hydrogen-bond donors (Lipinski definition) is 0. The molecule has 0 aliphatic heterocycles. The maximum atomic E-state index is 12.0. The molecule has 0 fully saturated rings. The first kappa shape index (κ1) is 17.7. The van der Waals surface area contributed by atoms with E-state index in [2.05, 4.69) is 4.99 Å². The first-order chi connectivity index (χ1) is 11.1. The van der Waals surface area contributed by atoms with Crippen molar-refractivity contribution in [3.8, 4) is 0 Å². The Kier molecular flexibility index (Phi) is 6.35. The van der Waals surface area contributed by atoms with Gasteiger partial charge in [0.05, 0.1) is 15.1 Å². The van der Waals surface area contributed by atoms with Gasteiger partial charge < -0.3 is 4.57 Å². The summed E-state index contributed by atoms with van der Waals surface area (Å²) in [4.78, 5) is 27.3. The zero-order chi connectivity index (χ0) is 16.8. The second-order valence-electron chi connectivity index (χ2n) is 5.05. The number of thiazole rings is 1. The molecule has 0 bridgehead atoms. The van der Waals surface area contributed by atoms with Gasteiger partial charge in [-0.1, -0.05) is 24.7 Å². The smallest absolute Gasteiger partial charge is 0.270 e. The van der Waals surface area contributed by atoms with Crippen molar-refractivity contribution in [1.82, 2.24) is 4.57 Å². The predicted octanol–water partition coefficient (Wildman–Crippen LogP) is 3.59. The van der Waals surface area contributed by atoms with Crippen molar-refractivity contribution >= 4 is 44.9 Å². The van der Waals surface area contributed by atoms with Crippen LogP contribution in [0.3, 0.4) is 0 Å². The Hall–Kier alpha value is -1.67. The highest BCUT2D eigenvalue weighted by atomic mass is 32.2. The lowest BCUT2D eigenvalue weighted by atomic mass is 10.2. The Bertz CT molecular complexity index is 780. The molecule has 1 heterocycles. The molecule has 8 heteroatoms. The van der Waals surface area contributed by atoms with Crippen molar-refractivity contribution in [3.63, 3.8) is 0 Å². The van der Waals surface area contributed by atoms with Gasteiger partial charge in [-0.2, -0.15) is 16.8 Å². The highest BCUT2D eigenvalue weighted by Crippen LogP contribution is 2.23. The van der Waals surface area contributed by atoms with E-state index in [-0.39, 0.29) is 11.6 Å². The van der Waals surface area contributed by atoms with Crippen LogP contribution in [0.25, 0.3) is 10.2 Å². The summed E-state index contributed by atoms with van der Waals surface area (Å²) in [7, 11) is 0. The Morgan fingerprint density at radius 2 is 2.26 bits per heavy atom. The Morgan fingerprint density at radius 1 is 1.48 bits per heavy atom. The molecule has 1 amide bonds. The van der Waals surface area contributed by atoms with Crippen LogP contribution in [0.2, 0.25) is 0 Å². The molecule has 0 unspecified atom stereocenters. The molecular formula is C15H19N3O3S2. The van der Waals surface area contributed by atoms with Gasteiger partial charge in [0.15, 0.2) is 4.80 Å². The molecule has 124 valence electrons. The number of hydrogen-bond acceptors (Lipinski definition) is 5. The minimum atomic E-state index is -0.408. The number of carbonyl (C=O) groups is 1. The largest absolute Gasteiger partial charge is 0.316 e. The molecule has 2 aromatic rings. The van der Waals surface area contributed by atoms with Gasteiger partial charge in [-0.05, 0) is 18.7 Å². The fourth-order valence-electron chi connectivity index (χ4n) is 2.15. The number of amides is 1. The number of nitrogens with zero attached hydrogens (tertiary/aromatic N) is 3. The number of non-ortho nitro benzene ring substituents is 1. The number of carbonyl (C=O) groups excluding carboxylic acids is 1. The Morgan fingerprint density at radius 3 is 2.91 bits per heavy atom. The van der Waals surface area contributed by atoms with Crippen LogP contribution in [0, 0.1) is 10.1 Å². The van der Waals surface area contributed by atoms with E-state index in [0.717, 1.165) is 35.4 Å². The van der Waals surface area contributed by atoms with Crippen molar-refractivity contribution in [1.29, 1.82) is 0 Å². The van der Waals surface area contributed by atoms with Crippen LogP contribution in [-0.4, -0.2) is 27.4 Å². The average Bonchev–Trinajstić information content (AvgIpc) is 2.87. The topological polar surface area (TPSA) is 77.5 Å². The number of fused-ring (bicyclic) bond motifs is 1. The molecule has 0 saturated carbocycles. The third-order valence-corrected chi connectivity index (χ3v) is 4.99. The van der Waals surface area contributed by atoms with Crippen LogP contribution in [0.4, 0.5) is 5.69 Å². The average molecular weight is 353 g/mol. The van der Waals surface area contributed by atoms with E-state index in [4.69, 9.17) is 0 Å². The van der Waals surface area contributed by atoms with Crippen LogP contribution in [0.5, 0.6) is 0 Å². The lowest BCUT2D eigenvalue weighted by Gasteiger charge is -2.03. The molecule has 23 heavy (non-hydrogen) atoms. The van der Waals surface area contributed by atoms with E-state index < -0.39 is 4.92 Å². The fourth-order valence-corrected chi connectivity index (χ4v) is 3.62. The highest BCUT2D eigenvalue weighted by molar-refractivity contribution is 7.98. The lowest BCUT2D eigenvalue weighted by Crippen LogP contribution is -2.18. The van der Waals surface area contributed by atoms with Gasteiger partial charge in [-0.3, -0.25) is 14.9 Å². The van der Waals surface area contributed by atoms with Gasteiger partial charge >= 0.3 is 0 Å². The molecule has 0 radical (unpaired) electrons. The summed E-state index contributed by atoms with van der Waals surface area (Å²) in [5.41, 5.74) is 0.941. The van der Waals surface area contributed by atoms with Crippen molar-refractivity contribution in [2.75, 3.05) is 12.0 Å². The van der Waals surface area contributed by atoms with E-state index in [1.807, 2.05) is 17.7 Å². The van der Waals surface area contributed by atoms with E-state index in [9.17, 15) is 14.9 Å². The maximum absolute atomic E-state index is 12.0. The van der Waals surface area contributed by atoms with Gasteiger partial charge in [0, 0.05) is 30.9 Å². The number of nitro benzene ring substituents is 1. The summed E-state index contributed by atoms with van der Waals surface area (Å²) in [6, 6.07) is 4.78. The molecule has 0 N–H and O–H groups in total. The van der Waals surface area contributed by atoms with Gasteiger partial charge in [0.1, 0.15) is 0 Å². The number of unbranched alkanes of at least 4 members (excludes halogenated alkanes) is 1. The molecule has 0 atom stereocenters. The van der Waals surface area contributed by atoms with Crippen LogP contribution in [0.15, 0.2) is 23.2 Å². The second-order valence-corrected chi connectivity index (χ2v) is 7.04. The van der Waals surface area contributed by atoms with Crippen molar-refractivity contribution < 1.29 is 9.72 Å². The SMILES string of the molecule is CCCCC(=O)N=c1sc2cc([N+](=O)[O-])ccc2n1CCSC. The van der Waals surface area contributed by atoms with Crippen molar-refractivity contribution in [2.45, 2.75) is 32.7 Å². The summed E-state index contributed by atoms with van der Waals surface area (Å²) in [5.74, 6) is 0.755. The van der Waals surface area contributed by atoms with E-state index in [1.165, 1.54) is 17.4 Å². The van der Waals surface area contributed by atoms with Crippen LogP contribution < -0.4 is 4.80 Å². The quantitative estimate of drug-likeness (QED) is 0.563. The van der Waals surface area contributed by atoms with Gasteiger partial charge in [0.25, 0.3) is 5.69 Å². The Labute approximate surface area is 142 Å².